The van der Waals surface area contributed by atoms with Crippen molar-refractivity contribution < 1.29 is 4.79 Å². The second kappa shape index (κ2) is 5.53. The van der Waals surface area contributed by atoms with Crippen molar-refractivity contribution in [2.75, 3.05) is 0 Å². The second-order valence-electron chi connectivity index (χ2n) is 6.07. The van der Waals surface area contributed by atoms with Crippen LogP contribution < -0.4 is 11.0 Å². The molecule has 1 unspecified atom stereocenters. The lowest BCUT2D eigenvalue weighted by molar-refractivity contribution is -0.121. The highest BCUT2D eigenvalue weighted by Gasteiger charge is 2.39. The molecule has 3 aromatic rings. The van der Waals surface area contributed by atoms with Gasteiger partial charge in [0.05, 0.1) is 17.0 Å². The first-order valence-electron chi connectivity index (χ1n) is 7.88. The fourth-order valence-electron chi connectivity index (χ4n) is 3.15. The Morgan fingerprint density at radius 2 is 1.83 bits per heavy atom. The zero-order valence-corrected chi connectivity index (χ0v) is 13.2. The second-order valence-corrected chi connectivity index (χ2v) is 6.07. The number of aromatic nitrogens is 2. The molecule has 5 heteroatoms. The summed E-state index contributed by atoms with van der Waals surface area (Å²) in [7, 11) is 0. The van der Waals surface area contributed by atoms with E-state index in [4.69, 9.17) is 0 Å². The molecule has 0 spiro atoms. The molecule has 120 valence electrons. The normalized spacial score (nSPS) is 16.5. The first kappa shape index (κ1) is 14.5. The van der Waals surface area contributed by atoms with Crippen LogP contribution in [0.15, 0.2) is 58.9 Å². The Bertz CT molecular complexity index is 1010. The van der Waals surface area contributed by atoms with Gasteiger partial charge in [0.2, 0.25) is 5.91 Å². The van der Waals surface area contributed by atoms with Crippen molar-refractivity contribution in [2.24, 2.45) is 5.92 Å². The molecule has 0 fully saturated rings. The van der Waals surface area contributed by atoms with Gasteiger partial charge in [0.15, 0.2) is 0 Å². The Morgan fingerprint density at radius 3 is 2.62 bits per heavy atom. The lowest BCUT2D eigenvalue weighted by Gasteiger charge is -2.06. The number of carbonyl (C=O) groups excluding carboxylic acids is 1. The van der Waals surface area contributed by atoms with Crippen LogP contribution in [0.3, 0.4) is 0 Å². The lowest BCUT2D eigenvalue weighted by atomic mass is 10.1. The number of aromatic amines is 2. The number of H-pyrrole nitrogens is 2. The van der Waals surface area contributed by atoms with Gasteiger partial charge in [-0.05, 0) is 35.8 Å². The Labute approximate surface area is 138 Å². The van der Waals surface area contributed by atoms with Crippen LogP contribution in [0.25, 0.3) is 16.6 Å². The minimum Gasteiger partial charge on any atom is -0.351 e. The molecule has 5 nitrogen and oxygen atoms in total. The van der Waals surface area contributed by atoms with E-state index in [0.29, 0.717) is 6.54 Å². The number of hydrogen-bond donors (Lipinski definition) is 3. The van der Waals surface area contributed by atoms with E-state index in [0.717, 1.165) is 33.3 Å². The Hall–Kier alpha value is -3.08. The molecule has 4 rings (SSSR count). The van der Waals surface area contributed by atoms with E-state index in [9.17, 15) is 9.59 Å². The summed E-state index contributed by atoms with van der Waals surface area (Å²) in [4.78, 5) is 29.1. The minimum atomic E-state index is -0.225. The molecule has 3 N–H and O–H groups in total. The number of carbonyl (C=O) groups is 1. The van der Waals surface area contributed by atoms with Crippen LogP contribution >= 0.6 is 0 Å². The van der Waals surface area contributed by atoms with E-state index >= 15 is 0 Å². The molecule has 0 bridgehead atoms. The third-order valence-corrected chi connectivity index (χ3v) is 4.46. The third kappa shape index (κ3) is 2.54. The predicted octanol–water partition coefficient (Wildman–Crippen LogP) is 2.58. The van der Waals surface area contributed by atoms with Gasteiger partial charge in [0.25, 0.3) is 0 Å². The maximum atomic E-state index is 12.4. The molecule has 1 aromatic heterocycles. The average Bonchev–Trinajstić information content (AvgIpc) is 3.11. The summed E-state index contributed by atoms with van der Waals surface area (Å²) >= 11 is 0. The monoisotopic (exact) mass is 319 g/mol. The molecule has 0 aliphatic heterocycles. The molecular weight excluding hydrogens is 302 g/mol. The molecule has 1 aliphatic rings. The molecule has 24 heavy (non-hydrogen) atoms. The molecule has 0 saturated heterocycles. The summed E-state index contributed by atoms with van der Waals surface area (Å²) < 4.78 is 0. The van der Waals surface area contributed by atoms with Gasteiger partial charge in [-0.25, -0.2) is 4.79 Å². The average molecular weight is 319 g/mol. The van der Waals surface area contributed by atoms with Crippen LogP contribution in [0, 0.1) is 5.92 Å². The maximum Gasteiger partial charge on any atom is 0.323 e. The maximum absolute atomic E-state index is 12.4. The van der Waals surface area contributed by atoms with E-state index in [1.54, 1.807) is 0 Å². The minimum absolute atomic E-state index is 0.0222. The molecule has 0 radical (unpaired) electrons. The summed E-state index contributed by atoms with van der Waals surface area (Å²) in [6.45, 7) is 2.44. The van der Waals surface area contributed by atoms with Gasteiger partial charge in [-0.3, -0.25) is 4.79 Å². The van der Waals surface area contributed by atoms with Gasteiger partial charge < -0.3 is 15.3 Å². The van der Waals surface area contributed by atoms with Crippen LogP contribution in [0.1, 0.15) is 18.1 Å². The van der Waals surface area contributed by atoms with Crippen LogP contribution in [0.5, 0.6) is 0 Å². The van der Waals surface area contributed by atoms with Crippen molar-refractivity contribution in [1.82, 2.24) is 15.3 Å². The number of hydrogen-bond acceptors (Lipinski definition) is 2. The van der Waals surface area contributed by atoms with Gasteiger partial charge in [0, 0.05) is 6.54 Å². The van der Waals surface area contributed by atoms with E-state index < -0.39 is 0 Å². The van der Waals surface area contributed by atoms with E-state index in [1.807, 2.05) is 55.5 Å². The highest BCUT2D eigenvalue weighted by atomic mass is 16.2. The molecule has 2 aromatic carbocycles. The number of benzene rings is 2. The summed E-state index contributed by atoms with van der Waals surface area (Å²) in [5.74, 6) is -0.0998. The topological polar surface area (TPSA) is 77.8 Å². The molecule has 1 heterocycles. The van der Waals surface area contributed by atoms with Crippen molar-refractivity contribution in [3.8, 4) is 0 Å². The number of imidazole rings is 1. The fourth-order valence-corrected chi connectivity index (χ4v) is 3.15. The van der Waals surface area contributed by atoms with Crippen LogP contribution in [-0.2, 0) is 11.3 Å². The van der Waals surface area contributed by atoms with E-state index in [2.05, 4.69) is 15.3 Å². The lowest BCUT2D eigenvalue weighted by Crippen LogP contribution is -2.25. The largest absolute Gasteiger partial charge is 0.351 e. The SMILES string of the molecule is CC1=C(c2ccccc2)C1C(=O)NCc1ccc2[nH]c(=O)[nH]c2c1. The number of amides is 1. The van der Waals surface area contributed by atoms with Crippen molar-refractivity contribution in [1.29, 1.82) is 0 Å². The fraction of sp³-hybridized carbons (Fsp3) is 0.158. The molecule has 0 saturated carbocycles. The molecular formula is C19H17N3O2. The predicted molar refractivity (Wildman–Crippen MR) is 93.3 cm³/mol. The van der Waals surface area contributed by atoms with Crippen molar-refractivity contribution in [3.63, 3.8) is 0 Å². The van der Waals surface area contributed by atoms with E-state index in [1.165, 1.54) is 0 Å². The molecule has 1 amide bonds. The summed E-state index contributed by atoms with van der Waals surface area (Å²) in [5, 5.41) is 2.98. The van der Waals surface area contributed by atoms with E-state index in [-0.39, 0.29) is 17.5 Å². The van der Waals surface area contributed by atoms with Crippen molar-refractivity contribution >= 4 is 22.5 Å². The van der Waals surface area contributed by atoms with Gasteiger partial charge in [-0.1, -0.05) is 42.0 Å². The zero-order valence-electron chi connectivity index (χ0n) is 13.2. The Balaban J connectivity index is 1.43. The van der Waals surface area contributed by atoms with Gasteiger partial charge in [-0.2, -0.15) is 0 Å². The molecule has 1 atom stereocenters. The summed E-state index contributed by atoms with van der Waals surface area (Å²) in [6.07, 6.45) is 0. The number of fused-ring (bicyclic) bond motifs is 1. The smallest absolute Gasteiger partial charge is 0.323 e. The van der Waals surface area contributed by atoms with Crippen molar-refractivity contribution in [2.45, 2.75) is 13.5 Å². The third-order valence-electron chi connectivity index (χ3n) is 4.46. The highest BCUT2D eigenvalue weighted by Crippen LogP contribution is 2.46. The summed E-state index contributed by atoms with van der Waals surface area (Å²) in [5.41, 5.74) is 5.60. The Kier molecular flexibility index (Phi) is 3.34. The summed E-state index contributed by atoms with van der Waals surface area (Å²) in [6, 6.07) is 15.6. The van der Waals surface area contributed by atoms with Gasteiger partial charge in [-0.15, -0.1) is 0 Å². The first-order valence-corrected chi connectivity index (χ1v) is 7.88. The number of nitrogens with one attached hydrogen (secondary N) is 3. The number of rotatable bonds is 4. The van der Waals surface area contributed by atoms with Crippen molar-refractivity contribution in [3.05, 3.63) is 75.7 Å². The standard InChI is InChI=1S/C19H17N3O2/c1-11-16(13-5-3-2-4-6-13)17(11)18(23)20-10-12-7-8-14-15(9-12)22-19(24)21-14/h2-9,17H,10H2,1H3,(H,20,23)(H2,21,22,24). The zero-order chi connectivity index (χ0) is 16.7. The van der Waals surface area contributed by atoms with Crippen LogP contribution in [0.2, 0.25) is 0 Å². The Morgan fingerprint density at radius 1 is 1.08 bits per heavy atom. The quantitative estimate of drug-likeness (QED) is 0.691. The first-order chi connectivity index (χ1) is 11.6. The molecule has 1 aliphatic carbocycles. The van der Waals surface area contributed by atoms with Gasteiger partial charge >= 0.3 is 5.69 Å². The van der Waals surface area contributed by atoms with Crippen LogP contribution in [-0.4, -0.2) is 15.9 Å². The van der Waals surface area contributed by atoms with Crippen LogP contribution in [0.4, 0.5) is 0 Å². The van der Waals surface area contributed by atoms with Gasteiger partial charge in [0.1, 0.15) is 0 Å². The highest BCUT2D eigenvalue weighted by molar-refractivity contribution is 6.05.